The molecule has 1 saturated heterocycles. The average molecular weight is 422 g/mol. The first-order valence-corrected chi connectivity index (χ1v) is 11.3. The summed E-state index contributed by atoms with van der Waals surface area (Å²) in [5.74, 6) is 1.31. The quantitative estimate of drug-likeness (QED) is 0.293. The van der Waals surface area contributed by atoms with Gasteiger partial charge in [0.2, 0.25) is 11.1 Å². The molecule has 4 N–H and O–H groups in total. The van der Waals surface area contributed by atoms with Crippen LogP contribution in [0.4, 0.5) is 5.95 Å². The van der Waals surface area contributed by atoms with Crippen LogP contribution in [0, 0.1) is 0 Å². The van der Waals surface area contributed by atoms with Crippen molar-refractivity contribution in [3.8, 4) is 5.75 Å². The van der Waals surface area contributed by atoms with Crippen LogP contribution in [0.3, 0.4) is 0 Å². The van der Waals surface area contributed by atoms with E-state index in [1.807, 2.05) is 18.4 Å². The Balaban J connectivity index is 1.54. The summed E-state index contributed by atoms with van der Waals surface area (Å²) in [5.41, 5.74) is 13.2. The smallest absolute Gasteiger partial charge is 0.267 e. The van der Waals surface area contributed by atoms with Gasteiger partial charge in [-0.25, -0.2) is 4.68 Å². The zero-order valence-electron chi connectivity index (χ0n) is 16.3. The predicted octanol–water partition coefficient (Wildman–Crippen LogP) is 2.80. The van der Waals surface area contributed by atoms with Gasteiger partial charge in [-0.05, 0) is 37.7 Å². The molecule has 2 aromatic rings. The highest BCUT2D eigenvalue weighted by atomic mass is 32.2. The molecular weight excluding hydrogens is 392 g/mol. The second kappa shape index (κ2) is 9.58. The van der Waals surface area contributed by atoms with Gasteiger partial charge >= 0.3 is 0 Å². The van der Waals surface area contributed by atoms with Gasteiger partial charge in [0.25, 0.3) is 5.11 Å². The topological polar surface area (TPSA) is 92.0 Å². The van der Waals surface area contributed by atoms with E-state index in [1.54, 1.807) is 4.68 Å². The number of anilines is 1. The minimum atomic E-state index is 0.444. The van der Waals surface area contributed by atoms with Crippen LogP contribution in [0.1, 0.15) is 31.2 Å². The van der Waals surface area contributed by atoms with Crippen molar-refractivity contribution in [3.05, 3.63) is 29.8 Å². The van der Waals surface area contributed by atoms with Crippen LogP contribution < -0.4 is 16.2 Å². The lowest BCUT2D eigenvalue weighted by molar-refractivity contribution is -0.859. The number of thiocarbonyl (C=S) groups is 1. The van der Waals surface area contributed by atoms with Gasteiger partial charge < -0.3 is 16.2 Å². The summed E-state index contributed by atoms with van der Waals surface area (Å²) in [7, 11) is 0. The van der Waals surface area contributed by atoms with Crippen molar-refractivity contribution >= 4 is 35.0 Å². The zero-order chi connectivity index (χ0) is 20.0. The van der Waals surface area contributed by atoms with Crippen molar-refractivity contribution < 1.29 is 9.22 Å². The first-order valence-electron chi connectivity index (χ1n) is 9.64. The van der Waals surface area contributed by atoms with E-state index in [1.165, 1.54) is 36.6 Å². The fourth-order valence-electron chi connectivity index (χ4n) is 3.64. The van der Waals surface area contributed by atoms with Crippen molar-refractivity contribution in [2.75, 3.05) is 31.7 Å². The SMILES string of the molecule is CSc1nc(N)n(CCCOc2cccc(C[N+]3(C(N)=S)CCCCC3)c2)n1. The van der Waals surface area contributed by atoms with E-state index < -0.39 is 0 Å². The summed E-state index contributed by atoms with van der Waals surface area (Å²) >= 11 is 6.89. The van der Waals surface area contributed by atoms with E-state index in [4.69, 9.17) is 28.4 Å². The van der Waals surface area contributed by atoms with Crippen molar-refractivity contribution in [2.45, 2.75) is 43.9 Å². The number of benzene rings is 1. The van der Waals surface area contributed by atoms with Gasteiger partial charge in [0.15, 0.2) is 0 Å². The summed E-state index contributed by atoms with van der Waals surface area (Å²) in [6, 6.07) is 8.24. The fraction of sp³-hybridized carbons (Fsp3) is 0.526. The van der Waals surface area contributed by atoms with Gasteiger partial charge in [0.05, 0.1) is 19.7 Å². The largest absolute Gasteiger partial charge is 0.494 e. The molecule has 2 heterocycles. The van der Waals surface area contributed by atoms with E-state index >= 15 is 0 Å². The van der Waals surface area contributed by atoms with Crippen molar-refractivity contribution in [3.63, 3.8) is 0 Å². The number of aromatic nitrogens is 3. The number of hydrogen-bond acceptors (Lipinski definition) is 6. The number of piperidine rings is 1. The van der Waals surface area contributed by atoms with E-state index in [9.17, 15) is 0 Å². The fourth-order valence-corrected chi connectivity index (χ4v) is 4.26. The second-order valence-electron chi connectivity index (χ2n) is 7.18. The molecule has 0 bridgehead atoms. The number of thioether (sulfide) groups is 1. The van der Waals surface area contributed by atoms with Crippen LogP contribution in [0.5, 0.6) is 5.75 Å². The molecule has 0 radical (unpaired) electrons. The monoisotopic (exact) mass is 421 g/mol. The van der Waals surface area contributed by atoms with Gasteiger partial charge in [-0.2, -0.15) is 4.98 Å². The summed E-state index contributed by atoms with van der Waals surface area (Å²) in [6.07, 6.45) is 6.36. The normalized spacial score (nSPS) is 16.0. The first kappa shape index (κ1) is 20.9. The van der Waals surface area contributed by atoms with Crippen molar-refractivity contribution in [2.24, 2.45) is 5.73 Å². The molecule has 0 spiro atoms. The third-order valence-electron chi connectivity index (χ3n) is 5.17. The molecule has 1 aromatic heterocycles. The Morgan fingerprint density at radius 3 is 2.79 bits per heavy atom. The van der Waals surface area contributed by atoms with E-state index in [0.717, 1.165) is 31.8 Å². The lowest BCUT2D eigenvalue weighted by atomic mass is 10.1. The molecular formula is C19H29N6OS2+. The molecule has 1 fully saturated rings. The molecule has 0 saturated carbocycles. The minimum absolute atomic E-state index is 0.444. The third-order valence-corrected chi connectivity index (χ3v) is 6.10. The Morgan fingerprint density at radius 2 is 2.11 bits per heavy atom. The molecule has 28 heavy (non-hydrogen) atoms. The van der Waals surface area contributed by atoms with Crippen LogP contribution in [0.25, 0.3) is 0 Å². The number of nitrogens with zero attached hydrogens (tertiary/aromatic N) is 4. The highest BCUT2D eigenvalue weighted by Crippen LogP contribution is 2.24. The molecule has 1 aliphatic rings. The summed E-state index contributed by atoms with van der Waals surface area (Å²) in [5, 5.41) is 5.63. The van der Waals surface area contributed by atoms with E-state index in [0.29, 0.717) is 33.9 Å². The van der Waals surface area contributed by atoms with Gasteiger partial charge in [-0.15, -0.1) is 5.10 Å². The van der Waals surface area contributed by atoms with Gasteiger partial charge in [0, 0.05) is 30.7 Å². The number of aryl methyl sites for hydroxylation is 1. The van der Waals surface area contributed by atoms with Crippen LogP contribution in [0.15, 0.2) is 29.4 Å². The molecule has 0 unspecified atom stereocenters. The maximum Gasteiger partial charge on any atom is 0.267 e. The molecule has 0 atom stereocenters. The number of quaternary nitrogens is 1. The molecule has 0 aliphatic carbocycles. The highest BCUT2D eigenvalue weighted by Gasteiger charge is 2.33. The summed E-state index contributed by atoms with van der Waals surface area (Å²) < 4.78 is 8.38. The van der Waals surface area contributed by atoms with Crippen molar-refractivity contribution in [1.29, 1.82) is 0 Å². The van der Waals surface area contributed by atoms with Gasteiger partial charge in [-0.3, -0.25) is 4.48 Å². The lowest BCUT2D eigenvalue weighted by Gasteiger charge is -2.39. The number of nitrogen functional groups attached to an aromatic ring is 1. The third kappa shape index (κ3) is 5.15. The number of rotatable bonds is 8. The van der Waals surface area contributed by atoms with Crippen LogP contribution >= 0.6 is 24.0 Å². The van der Waals surface area contributed by atoms with Crippen LogP contribution in [0.2, 0.25) is 0 Å². The maximum atomic E-state index is 6.11. The Morgan fingerprint density at radius 1 is 1.32 bits per heavy atom. The number of hydrogen-bond donors (Lipinski definition) is 2. The molecule has 1 aromatic carbocycles. The van der Waals surface area contributed by atoms with Gasteiger partial charge in [-0.1, -0.05) is 23.9 Å². The Hall–Kier alpha value is -1.84. The second-order valence-corrected chi connectivity index (χ2v) is 8.37. The van der Waals surface area contributed by atoms with Crippen molar-refractivity contribution in [1.82, 2.24) is 14.8 Å². The Labute approximate surface area is 176 Å². The summed E-state index contributed by atoms with van der Waals surface area (Å²) in [6.45, 7) is 4.15. The van der Waals surface area contributed by atoms with E-state index in [-0.39, 0.29) is 0 Å². The predicted molar refractivity (Wildman–Crippen MR) is 117 cm³/mol. The van der Waals surface area contributed by atoms with Crippen LogP contribution in [-0.2, 0) is 13.1 Å². The Bertz CT molecular complexity index is 803. The molecule has 3 rings (SSSR count). The molecule has 0 amide bonds. The lowest BCUT2D eigenvalue weighted by Crippen LogP contribution is -2.57. The number of likely N-dealkylation sites (tertiary alicyclic amines) is 1. The standard InChI is InChI=1S/C19H28N6OS2/c1-28-19-22-17(20)24(23-19)9-6-12-26-16-8-5-7-15(13-16)14-25(18(21)27)10-3-2-4-11-25/h5,7-8,13H,2-4,6,9-12,14H2,1H3,(H3-,20,21,22,23,27)/p+1. The molecule has 9 heteroatoms. The zero-order valence-corrected chi connectivity index (χ0v) is 18.0. The Kier molecular flexibility index (Phi) is 7.14. The van der Waals surface area contributed by atoms with Crippen LogP contribution in [-0.4, -0.2) is 50.3 Å². The maximum absolute atomic E-state index is 6.11. The van der Waals surface area contributed by atoms with E-state index in [2.05, 4.69) is 22.2 Å². The molecule has 1 aliphatic heterocycles. The first-order chi connectivity index (χ1) is 13.5. The minimum Gasteiger partial charge on any atom is -0.494 e. The average Bonchev–Trinajstić information content (AvgIpc) is 3.06. The number of nitrogens with two attached hydrogens (primary N) is 2. The highest BCUT2D eigenvalue weighted by molar-refractivity contribution is 7.98. The molecule has 7 nitrogen and oxygen atoms in total. The summed E-state index contributed by atoms with van der Waals surface area (Å²) in [4.78, 5) is 4.18. The molecule has 152 valence electrons. The van der Waals surface area contributed by atoms with Gasteiger partial charge in [0.1, 0.15) is 12.3 Å². The number of ether oxygens (including phenoxy) is 1.